The standard InChI is InChI=1S/C13H15N2O4/c1-9(12(17)14-8-11(16)19-2)15-13(18)10-6-4-3-5-7-10/h3-7H,8H2,1-2H3,(H,14,17)(H,15,18). The molecule has 0 atom stereocenters. The molecule has 0 spiro atoms. The van der Waals surface area contributed by atoms with Gasteiger partial charge in [0.05, 0.1) is 7.11 Å². The molecule has 0 unspecified atom stereocenters. The topological polar surface area (TPSA) is 84.5 Å². The lowest BCUT2D eigenvalue weighted by Crippen LogP contribution is -2.40. The van der Waals surface area contributed by atoms with E-state index in [9.17, 15) is 14.4 Å². The van der Waals surface area contributed by atoms with Crippen molar-refractivity contribution in [2.24, 2.45) is 0 Å². The average Bonchev–Trinajstić information content (AvgIpc) is 2.44. The number of esters is 1. The Morgan fingerprint density at radius 2 is 1.79 bits per heavy atom. The zero-order valence-electron chi connectivity index (χ0n) is 10.7. The number of carbonyl (C=O) groups excluding carboxylic acids is 3. The highest BCUT2D eigenvalue weighted by molar-refractivity contribution is 6.01. The monoisotopic (exact) mass is 263 g/mol. The van der Waals surface area contributed by atoms with Gasteiger partial charge in [-0.1, -0.05) is 18.2 Å². The number of hydrogen-bond acceptors (Lipinski definition) is 4. The van der Waals surface area contributed by atoms with Gasteiger partial charge in [0.1, 0.15) is 12.6 Å². The predicted octanol–water partition coefficient (Wildman–Crippen LogP) is 0.257. The molecule has 1 radical (unpaired) electrons. The Morgan fingerprint density at radius 3 is 2.37 bits per heavy atom. The molecule has 2 N–H and O–H groups in total. The molecular weight excluding hydrogens is 248 g/mol. The summed E-state index contributed by atoms with van der Waals surface area (Å²) in [5, 5.41) is 4.78. The minimum Gasteiger partial charge on any atom is -0.468 e. The summed E-state index contributed by atoms with van der Waals surface area (Å²) in [4.78, 5) is 34.2. The molecule has 0 bridgehead atoms. The Hall–Kier alpha value is -2.37. The van der Waals surface area contributed by atoms with Crippen molar-refractivity contribution < 1.29 is 19.1 Å². The summed E-state index contributed by atoms with van der Waals surface area (Å²) in [6, 6.07) is 8.61. The van der Waals surface area contributed by atoms with Crippen LogP contribution < -0.4 is 10.6 Å². The second-order valence-corrected chi connectivity index (χ2v) is 3.70. The summed E-state index contributed by atoms with van der Waals surface area (Å²) in [6.45, 7) is 1.21. The molecule has 0 aliphatic carbocycles. The van der Waals surface area contributed by atoms with E-state index in [-0.39, 0.29) is 18.5 Å². The van der Waals surface area contributed by atoms with Crippen LogP contribution in [-0.4, -0.2) is 31.4 Å². The van der Waals surface area contributed by atoms with Crippen LogP contribution in [0.3, 0.4) is 0 Å². The van der Waals surface area contributed by atoms with Crippen LogP contribution in [0.25, 0.3) is 0 Å². The number of hydrogen-bond donors (Lipinski definition) is 2. The first-order valence-electron chi connectivity index (χ1n) is 5.59. The molecule has 6 nitrogen and oxygen atoms in total. The van der Waals surface area contributed by atoms with E-state index in [1.807, 2.05) is 0 Å². The lowest BCUT2D eigenvalue weighted by molar-refractivity contribution is -0.140. The van der Waals surface area contributed by atoms with Gasteiger partial charge in [-0.15, -0.1) is 0 Å². The van der Waals surface area contributed by atoms with Crippen molar-refractivity contribution in [3.8, 4) is 0 Å². The number of methoxy groups -OCH3 is 1. The summed E-state index contributed by atoms with van der Waals surface area (Å²) in [5.74, 6) is -1.48. The summed E-state index contributed by atoms with van der Waals surface area (Å²) >= 11 is 0. The van der Waals surface area contributed by atoms with Gasteiger partial charge in [-0.25, -0.2) is 0 Å². The van der Waals surface area contributed by atoms with Crippen molar-refractivity contribution in [2.45, 2.75) is 6.92 Å². The van der Waals surface area contributed by atoms with Gasteiger partial charge in [0.2, 0.25) is 5.91 Å². The molecule has 101 valence electrons. The van der Waals surface area contributed by atoms with E-state index < -0.39 is 11.9 Å². The van der Waals surface area contributed by atoms with Crippen LogP contribution >= 0.6 is 0 Å². The molecule has 6 heteroatoms. The second kappa shape index (κ2) is 7.15. The summed E-state index contributed by atoms with van der Waals surface area (Å²) in [7, 11) is 1.22. The maximum Gasteiger partial charge on any atom is 0.325 e. The first-order valence-corrected chi connectivity index (χ1v) is 5.59. The number of benzene rings is 1. The molecule has 1 aromatic rings. The SMILES string of the molecule is COC(=O)CNC(=O)[C](C)NC(=O)c1ccccc1. The van der Waals surface area contributed by atoms with Crippen LogP contribution in [0.4, 0.5) is 0 Å². The van der Waals surface area contributed by atoms with Crippen LogP contribution in [0, 0.1) is 6.04 Å². The highest BCUT2D eigenvalue weighted by Gasteiger charge is 2.18. The van der Waals surface area contributed by atoms with Gasteiger partial charge in [-0.2, -0.15) is 0 Å². The van der Waals surface area contributed by atoms with E-state index in [1.165, 1.54) is 14.0 Å². The summed E-state index contributed by atoms with van der Waals surface area (Å²) in [6.07, 6.45) is 0. The third-order valence-electron chi connectivity index (χ3n) is 2.30. The number of carbonyl (C=O) groups is 3. The molecule has 19 heavy (non-hydrogen) atoms. The third kappa shape index (κ3) is 4.79. The molecule has 0 aliphatic heterocycles. The average molecular weight is 263 g/mol. The number of nitrogens with one attached hydrogen (secondary N) is 2. The Kier molecular flexibility index (Phi) is 5.53. The van der Waals surface area contributed by atoms with Crippen LogP contribution in [0.15, 0.2) is 30.3 Å². The first kappa shape index (κ1) is 14.7. The molecule has 0 aromatic heterocycles. The minimum absolute atomic E-state index is 0.109. The van der Waals surface area contributed by atoms with Crippen molar-refractivity contribution in [2.75, 3.05) is 13.7 Å². The van der Waals surface area contributed by atoms with Crippen molar-refractivity contribution in [1.82, 2.24) is 10.6 Å². The molecule has 0 heterocycles. The van der Waals surface area contributed by atoms with E-state index in [0.717, 1.165) is 0 Å². The quantitative estimate of drug-likeness (QED) is 0.746. The van der Waals surface area contributed by atoms with Crippen molar-refractivity contribution in [3.63, 3.8) is 0 Å². The number of amides is 2. The molecule has 0 saturated heterocycles. The van der Waals surface area contributed by atoms with E-state index in [0.29, 0.717) is 5.56 Å². The maximum atomic E-state index is 11.8. The highest BCUT2D eigenvalue weighted by atomic mass is 16.5. The Morgan fingerprint density at radius 1 is 1.16 bits per heavy atom. The molecule has 1 aromatic carbocycles. The van der Waals surface area contributed by atoms with Crippen LogP contribution in [0.2, 0.25) is 0 Å². The zero-order valence-corrected chi connectivity index (χ0v) is 10.7. The van der Waals surface area contributed by atoms with Crippen molar-refractivity contribution >= 4 is 17.8 Å². The first-order chi connectivity index (χ1) is 9.04. The molecular formula is C13H15N2O4. The molecule has 1 rings (SSSR count). The van der Waals surface area contributed by atoms with Crippen LogP contribution in [0.1, 0.15) is 17.3 Å². The van der Waals surface area contributed by atoms with E-state index in [4.69, 9.17) is 0 Å². The minimum atomic E-state index is -0.560. The Balaban J connectivity index is 2.46. The van der Waals surface area contributed by atoms with Crippen LogP contribution in [-0.2, 0) is 14.3 Å². The Bertz CT molecular complexity index is 459. The Labute approximate surface area is 111 Å². The van der Waals surface area contributed by atoms with E-state index in [2.05, 4.69) is 15.4 Å². The lowest BCUT2D eigenvalue weighted by atomic mass is 10.2. The smallest absolute Gasteiger partial charge is 0.325 e. The number of ether oxygens (including phenoxy) is 1. The van der Waals surface area contributed by atoms with Crippen molar-refractivity contribution in [1.29, 1.82) is 0 Å². The normalized spacial score (nSPS) is 9.84. The molecule has 2 amide bonds. The lowest BCUT2D eigenvalue weighted by Gasteiger charge is -2.12. The molecule has 0 fully saturated rings. The summed E-state index contributed by atoms with van der Waals surface area (Å²) < 4.78 is 4.38. The fourth-order valence-electron chi connectivity index (χ4n) is 1.25. The van der Waals surface area contributed by atoms with Gasteiger partial charge >= 0.3 is 5.97 Å². The molecule has 0 aliphatic rings. The fourth-order valence-corrected chi connectivity index (χ4v) is 1.25. The predicted molar refractivity (Wildman–Crippen MR) is 67.9 cm³/mol. The van der Waals surface area contributed by atoms with Gasteiger partial charge in [0, 0.05) is 5.56 Å². The fraction of sp³-hybridized carbons (Fsp3) is 0.231. The van der Waals surface area contributed by atoms with Gasteiger partial charge < -0.3 is 15.4 Å². The van der Waals surface area contributed by atoms with Gasteiger partial charge in [-0.3, -0.25) is 14.4 Å². The summed E-state index contributed by atoms with van der Waals surface area (Å²) in [5.41, 5.74) is 0.447. The second-order valence-electron chi connectivity index (χ2n) is 3.70. The zero-order chi connectivity index (χ0) is 14.3. The maximum absolute atomic E-state index is 11.8. The van der Waals surface area contributed by atoms with Gasteiger partial charge in [0.15, 0.2) is 0 Å². The highest BCUT2D eigenvalue weighted by Crippen LogP contribution is 2.01. The largest absolute Gasteiger partial charge is 0.468 e. The third-order valence-corrected chi connectivity index (χ3v) is 2.30. The van der Waals surface area contributed by atoms with Crippen LogP contribution in [0.5, 0.6) is 0 Å². The number of rotatable bonds is 5. The van der Waals surface area contributed by atoms with E-state index in [1.54, 1.807) is 30.3 Å². The van der Waals surface area contributed by atoms with Gasteiger partial charge in [-0.05, 0) is 19.1 Å². The van der Waals surface area contributed by atoms with Gasteiger partial charge in [0.25, 0.3) is 5.91 Å². The van der Waals surface area contributed by atoms with E-state index >= 15 is 0 Å². The molecule has 0 saturated carbocycles. The van der Waals surface area contributed by atoms with Crippen molar-refractivity contribution in [3.05, 3.63) is 41.9 Å².